The van der Waals surface area contributed by atoms with Gasteiger partial charge in [-0.3, -0.25) is 4.79 Å². The molecule has 0 aliphatic rings. The van der Waals surface area contributed by atoms with E-state index >= 15 is 0 Å². The first-order valence-corrected chi connectivity index (χ1v) is 6.95. The van der Waals surface area contributed by atoms with Crippen LogP contribution in [0.5, 0.6) is 11.5 Å². The van der Waals surface area contributed by atoms with Crippen LogP contribution >= 0.6 is 0 Å². The molecule has 0 spiro atoms. The Hall–Kier alpha value is -3.08. The summed E-state index contributed by atoms with van der Waals surface area (Å²) in [7, 11) is 0. The molecule has 2 aromatic rings. The third kappa shape index (κ3) is 5.32. The molecule has 0 aliphatic carbocycles. The van der Waals surface area contributed by atoms with Gasteiger partial charge in [0.25, 0.3) is 0 Å². The highest BCUT2D eigenvalue weighted by Gasteiger charge is 2.06. The number of phenolic OH excluding ortho intramolecular Hbond substituents is 1. The highest BCUT2D eigenvalue weighted by molar-refractivity contribution is 5.87. The maximum Gasteiger partial charge on any atom is 0.331 e. The number of phenols is 1. The molecule has 0 amide bonds. The van der Waals surface area contributed by atoms with Gasteiger partial charge in [0.1, 0.15) is 6.61 Å². The fourth-order valence-corrected chi connectivity index (χ4v) is 1.81. The van der Waals surface area contributed by atoms with Crippen LogP contribution in [-0.4, -0.2) is 17.0 Å². The van der Waals surface area contributed by atoms with Crippen molar-refractivity contribution in [1.29, 1.82) is 0 Å². The van der Waals surface area contributed by atoms with Crippen molar-refractivity contribution in [2.45, 2.75) is 13.5 Å². The lowest BCUT2D eigenvalue weighted by atomic mass is 10.2. The van der Waals surface area contributed by atoms with Crippen LogP contribution in [0.25, 0.3) is 6.08 Å². The van der Waals surface area contributed by atoms with E-state index in [1.54, 1.807) is 6.07 Å². The molecule has 0 aromatic heterocycles. The average molecular weight is 312 g/mol. The first kappa shape index (κ1) is 16.3. The maximum atomic E-state index is 11.7. The Morgan fingerprint density at radius 3 is 2.57 bits per heavy atom. The summed E-state index contributed by atoms with van der Waals surface area (Å²) >= 11 is 0. The molecule has 0 saturated heterocycles. The van der Waals surface area contributed by atoms with Crippen molar-refractivity contribution >= 4 is 18.0 Å². The quantitative estimate of drug-likeness (QED) is 0.522. The molecule has 0 fully saturated rings. The van der Waals surface area contributed by atoms with E-state index in [1.807, 2.05) is 30.3 Å². The minimum absolute atomic E-state index is 0.0392. The average Bonchev–Trinajstić information content (AvgIpc) is 2.54. The number of benzene rings is 2. The lowest BCUT2D eigenvalue weighted by Crippen LogP contribution is -2.02. The molecule has 5 nitrogen and oxygen atoms in total. The van der Waals surface area contributed by atoms with Crippen LogP contribution in [0.4, 0.5) is 0 Å². The zero-order valence-electron chi connectivity index (χ0n) is 12.6. The molecular formula is C18H16O5. The molecule has 118 valence electrons. The Labute approximate surface area is 133 Å². The monoisotopic (exact) mass is 312 g/mol. The summed E-state index contributed by atoms with van der Waals surface area (Å²) < 4.78 is 9.97. The second-order valence-corrected chi connectivity index (χ2v) is 4.75. The van der Waals surface area contributed by atoms with E-state index in [9.17, 15) is 14.7 Å². The predicted molar refractivity (Wildman–Crippen MR) is 84.7 cm³/mol. The van der Waals surface area contributed by atoms with Crippen molar-refractivity contribution in [1.82, 2.24) is 0 Å². The number of hydrogen-bond donors (Lipinski definition) is 1. The summed E-state index contributed by atoms with van der Waals surface area (Å²) in [4.78, 5) is 22.6. The van der Waals surface area contributed by atoms with Gasteiger partial charge in [-0.05, 0) is 29.3 Å². The van der Waals surface area contributed by atoms with Gasteiger partial charge in [0.15, 0.2) is 11.5 Å². The summed E-state index contributed by atoms with van der Waals surface area (Å²) in [5, 5.41) is 9.58. The van der Waals surface area contributed by atoms with Crippen LogP contribution in [0, 0.1) is 0 Å². The predicted octanol–water partition coefficient (Wildman–Crippen LogP) is 3.07. The van der Waals surface area contributed by atoms with Crippen LogP contribution < -0.4 is 4.74 Å². The van der Waals surface area contributed by atoms with Crippen molar-refractivity contribution in [2.24, 2.45) is 0 Å². The zero-order valence-corrected chi connectivity index (χ0v) is 12.6. The second kappa shape index (κ2) is 7.79. The molecule has 1 N–H and O–H groups in total. The summed E-state index contributed by atoms with van der Waals surface area (Å²) in [5.41, 5.74) is 1.49. The Bertz CT molecular complexity index is 719. The highest BCUT2D eigenvalue weighted by Crippen LogP contribution is 2.27. The van der Waals surface area contributed by atoms with E-state index < -0.39 is 11.9 Å². The van der Waals surface area contributed by atoms with Crippen molar-refractivity contribution < 1.29 is 24.2 Å². The van der Waals surface area contributed by atoms with E-state index in [0.717, 1.165) is 5.56 Å². The molecule has 23 heavy (non-hydrogen) atoms. The van der Waals surface area contributed by atoms with Crippen LogP contribution in [-0.2, 0) is 20.9 Å². The minimum atomic E-state index is -0.538. The van der Waals surface area contributed by atoms with E-state index in [0.29, 0.717) is 5.56 Å². The van der Waals surface area contributed by atoms with Crippen LogP contribution in [0.1, 0.15) is 18.1 Å². The second-order valence-electron chi connectivity index (χ2n) is 4.75. The summed E-state index contributed by atoms with van der Waals surface area (Å²) in [6, 6.07) is 13.8. The number of rotatable bonds is 5. The Morgan fingerprint density at radius 2 is 1.87 bits per heavy atom. The van der Waals surface area contributed by atoms with Crippen LogP contribution in [0.15, 0.2) is 54.6 Å². The van der Waals surface area contributed by atoms with Crippen LogP contribution in [0.2, 0.25) is 0 Å². The Morgan fingerprint density at radius 1 is 1.13 bits per heavy atom. The van der Waals surface area contributed by atoms with Gasteiger partial charge in [0.05, 0.1) is 0 Å². The van der Waals surface area contributed by atoms with Crippen molar-refractivity contribution in [3.8, 4) is 11.5 Å². The van der Waals surface area contributed by atoms with Gasteiger partial charge in [0.2, 0.25) is 0 Å². The number of carbonyl (C=O) groups excluding carboxylic acids is 2. The van der Waals surface area contributed by atoms with E-state index in [-0.39, 0.29) is 18.1 Å². The molecule has 0 radical (unpaired) electrons. The number of esters is 2. The Balaban J connectivity index is 1.96. The molecule has 0 bridgehead atoms. The van der Waals surface area contributed by atoms with Gasteiger partial charge in [-0.2, -0.15) is 0 Å². The number of aromatic hydroxyl groups is 1. The van der Waals surface area contributed by atoms with Crippen molar-refractivity contribution in [3.05, 3.63) is 65.7 Å². The fraction of sp³-hybridized carbons (Fsp3) is 0.111. The zero-order chi connectivity index (χ0) is 16.7. The highest BCUT2D eigenvalue weighted by atomic mass is 16.5. The standard InChI is InChI=1S/C18H16O5/c1-13(19)23-17-11-14(7-9-16(17)20)8-10-18(21)22-12-15-5-3-2-4-6-15/h2-11,20H,12H2,1H3/b10-8+. The maximum absolute atomic E-state index is 11.7. The molecule has 5 heteroatoms. The smallest absolute Gasteiger partial charge is 0.331 e. The molecule has 0 unspecified atom stereocenters. The SMILES string of the molecule is CC(=O)Oc1cc(/C=C/C(=O)OCc2ccccc2)ccc1O. The first-order chi connectivity index (χ1) is 11.0. The van der Waals surface area contributed by atoms with E-state index in [2.05, 4.69) is 0 Å². The molecule has 0 atom stereocenters. The summed E-state index contributed by atoms with van der Waals surface area (Å²) in [6.45, 7) is 1.43. The van der Waals surface area contributed by atoms with E-state index in [1.165, 1.54) is 31.2 Å². The molecule has 0 heterocycles. The number of carbonyl (C=O) groups is 2. The van der Waals surface area contributed by atoms with E-state index in [4.69, 9.17) is 9.47 Å². The van der Waals surface area contributed by atoms with Gasteiger partial charge in [0, 0.05) is 13.0 Å². The third-order valence-corrected chi connectivity index (χ3v) is 2.87. The van der Waals surface area contributed by atoms with Gasteiger partial charge >= 0.3 is 11.9 Å². The fourth-order valence-electron chi connectivity index (χ4n) is 1.81. The number of hydrogen-bond acceptors (Lipinski definition) is 5. The molecular weight excluding hydrogens is 296 g/mol. The molecule has 0 aliphatic heterocycles. The topological polar surface area (TPSA) is 72.8 Å². The number of ether oxygens (including phenoxy) is 2. The van der Waals surface area contributed by atoms with Gasteiger partial charge in [-0.15, -0.1) is 0 Å². The summed E-state index contributed by atoms with van der Waals surface area (Å²) in [6.07, 6.45) is 2.78. The van der Waals surface area contributed by atoms with Crippen molar-refractivity contribution in [2.75, 3.05) is 0 Å². The molecule has 2 rings (SSSR count). The molecule has 2 aromatic carbocycles. The lowest BCUT2D eigenvalue weighted by molar-refractivity contribution is -0.139. The Kier molecular flexibility index (Phi) is 5.52. The third-order valence-electron chi connectivity index (χ3n) is 2.87. The summed E-state index contributed by atoms with van der Waals surface area (Å²) in [5.74, 6) is -1.14. The minimum Gasteiger partial charge on any atom is -0.504 e. The van der Waals surface area contributed by atoms with Gasteiger partial charge < -0.3 is 14.6 Å². The van der Waals surface area contributed by atoms with Gasteiger partial charge in [-0.1, -0.05) is 36.4 Å². The lowest BCUT2D eigenvalue weighted by Gasteiger charge is -2.05. The van der Waals surface area contributed by atoms with Crippen LogP contribution in [0.3, 0.4) is 0 Å². The first-order valence-electron chi connectivity index (χ1n) is 6.95. The van der Waals surface area contributed by atoms with Crippen molar-refractivity contribution in [3.63, 3.8) is 0 Å². The van der Waals surface area contributed by atoms with Gasteiger partial charge in [-0.25, -0.2) is 4.79 Å². The normalized spacial score (nSPS) is 10.5. The largest absolute Gasteiger partial charge is 0.504 e. The molecule has 0 saturated carbocycles.